The fourth-order valence-corrected chi connectivity index (χ4v) is 5.08. The topological polar surface area (TPSA) is 151 Å². The Bertz CT molecular complexity index is 1460. The normalized spacial score (nSPS) is 19.8. The van der Waals surface area contributed by atoms with Crippen LogP contribution in [0.1, 0.15) is 19.8 Å². The number of nitrogen functional groups attached to an aromatic ring is 1. The molecule has 13 nitrogen and oxygen atoms in total. The maximum atomic E-state index is 13.7. The van der Waals surface area contributed by atoms with E-state index in [2.05, 4.69) is 25.4 Å². The van der Waals surface area contributed by atoms with Crippen LogP contribution in [0.15, 0.2) is 53.1 Å². The van der Waals surface area contributed by atoms with Gasteiger partial charge in [-0.2, -0.15) is 19.5 Å². The molecule has 2 aliphatic rings. The lowest BCUT2D eigenvalue weighted by molar-refractivity contribution is -0.136. The second-order valence-corrected chi connectivity index (χ2v) is 9.48. The van der Waals surface area contributed by atoms with Crippen molar-refractivity contribution in [3.63, 3.8) is 0 Å². The van der Waals surface area contributed by atoms with Crippen molar-refractivity contribution in [2.75, 3.05) is 42.1 Å². The summed E-state index contributed by atoms with van der Waals surface area (Å²) in [7, 11) is 0. The second-order valence-electron chi connectivity index (χ2n) is 9.48. The van der Waals surface area contributed by atoms with Crippen molar-refractivity contribution in [1.82, 2.24) is 34.4 Å². The molecule has 38 heavy (non-hydrogen) atoms. The number of piperazine rings is 1. The monoisotopic (exact) mass is 516 g/mol. The van der Waals surface area contributed by atoms with Crippen LogP contribution >= 0.6 is 0 Å². The van der Waals surface area contributed by atoms with E-state index in [1.807, 2.05) is 47.1 Å². The predicted octanol–water partition coefficient (Wildman–Crippen LogP) is 2.10. The van der Waals surface area contributed by atoms with Crippen molar-refractivity contribution in [3.05, 3.63) is 48.7 Å². The summed E-state index contributed by atoms with van der Waals surface area (Å²) in [4.78, 5) is 45.4. The maximum Gasteiger partial charge on any atom is 0.321 e. The number of rotatable bonds is 4. The Balaban J connectivity index is 1.16. The van der Waals surface area contributed by atoms with E-state index >= 15 is 0 Å². The van der Waals surface area contributed by atoms with Crippen molar-refractivity contribution in [2.24, 2.45) is 0 Å². The van der Waals surface area contributed by atoms with E-state index in [4.69, 9.17) is 10.2 Å². The molecule has 0 bridgehead atoms. The average Bonchev–Trinajstić information content (AvgIpc) is 3.69. The van der Waals surface area contributed by atoms with Crippen LogP contribution in [0.4, 0.5) is 22.4 Å². The minimum atomic E-state index is -0.420. The molecule has 3 N–H and O–H groups in total. The summed E-state index contributed by atoms with van der Waals surface area (Å²) >= 11 is 0. The predicted molar refractivity (Wildman–Crippen MR) is 139 cm³/mol. The lowest BCUT2D eigenvalue weighted by Gasteiger charge is -2.41. The first-order valence-electron chi connectivity index (χ1n) is 12.6. The summed E-state index contributed by atoms with van der Waals surface area (Å²) in [6.45, 7) is 3.93. The smallest absolute Gasteiger partial charge is 0.321 e. The largest absolute Gasteiger partial charge is 0.461 e. The van der Waals surface area contributed by atoms with Crippen LogP contribution in [-0.4, -0.2) is 84.6 Å². The highest BCUT2D eigenvalue weighted by Gasteiger charge is 2.39. The van der Waals surface area contributed by atoms with Gasteiger partial charge in [0, 0.05) is 37.9 Å². The SMILES string of the molecule is C[C@@H]1CN(C(=O)Nc2ccccc2)CCN1C(=O)[C@@H]1CCCN1c1nc(N)n2nc(-c3ccco3)nc2n1. The number of nitrogens with two attached hydrogens (primary N) is 1. The molecule has 2 atom stereocenters. The standard InChI is InChI=1S/C25H28N10O3/c1-16-15-32(25(37)27-17-7-3-2-4-8-17)12-13-33(16)21(36)18-9-5-11-34(18)23-29-22(26)35-24(30-23)28-20(31-35)19-10-6-14-38-19/h2-4,6-8,10,14,16,18H,5,9,11-13,15H2,1H3,(H,27,37)(H2,26,28,29,30,31)/t16-,18+/m1/s1. The van der Waals surface area contributed by atoms with Gasteiger partial charge >= 0.3 is 6.03 Å². The van der Waals surface area contributed by atoms with Crippen LogP contribution in [0.25, 0.3) is 17.4 Å². The van der Waals surface area contributed by atoms with Gasteiger partial charge in [-0.05, 0) is 44.0 Å². The first kappa shape index (κ1) is 23.7. The highest BCUT2D eigenvalue weighted by molar-refractivity contribution is 5.90. The van der Waals surface area contributed by atoms with Crippen LogP contribution in [0, 0.1) is 0 Å². The van der Waals surface area contributed by atoms with Crippen LogP contribution in [0.3, 0.4) is 0 Å². The number of benzene rings is 1. The number of furan rings is 1. The minimum absolute atomic E-state index is 0.00194. The Morgan fingerprint density at radius 2 is 1.89 bits per heavy atom. The van der Waals surface area contributed by atoms with Gasteiger partial charge in [0.2, 0.25) is 23.6 Å². The summed E-state index contributed by atoms with van der Waals surface area (Å²) in [6.07, 6.45) is 3.04. The van der Waals surface area contributed by atoms with Crippen molar-refractivity contribution < 1.29 is 14.0 Å². The Morgan fingerprint density at radius 1 is 1.05 bits per heavy atom. The van der Waals surface area contributed by atoms with Crippen LogP contribution in [-0.2, 0) is 4.79 Å². The number of aromatic nitrogens is 5. The number of carbonyl (C=O) groups excluding carboxylic acids is 2. The summed E-state index contributed by atoms with van der Waals surface area (Å²) in [5, 5.41) is 7.26. The van der Waals surface area contributed by atoms with Crippen molar-refractivity contribution in [2.45, 2.75) is 31.8 Å². The number of urea groups is 1. The fourth-order valence-electron chi connectivity index (χ4n) is 5.08. The van der Waals surface area contributed by atoms with Crippen LogP contribution in [0.5, 0.6) is 0 Å². The molecule has 0 radical (unpaired) electrons. The van der Waals surface area contributed by atoms with Gasteiger partial charge < -0.3 is 30.2 Å². The van der Waals surface area contributed by atoms with E-state index in [0.29, 0.717) is 50.1 Å². The van der Waals surface area contributed by atoms with Gasteiger partial charge in [-0.3, -0.25) is 4.79 Å². The van der Waals surface area contributed by atoms with Gasteiger partial charge in [-0.15, -0.1) is 5.10 Å². The zero-order chi connectivity index (χ0) is 26.2. The average molecular weight is 517 g/mol. The number of fused-ring (bicyclic) bond motifs is 1. The van der Waals surface area contributed by atoms with Gasteiger partial charge in [-0.1, -0.05) is 18.2 Å². The van der Waals surface area contributed by atoms with E-state index in [1.54, 1.807) is 23.3 Å². The first-order chi connectivity index (χ1) is 18.5. The lowest BCUT2D eigenvalue weighted by atomic mass is 10.1. The molecule has 0 unspecified atom stereocenters. The van der Waals surface area contributed by atoms with Crippen molar-refractivity contribution in [3.8, 4) is 11.6 Å². The third kappa shape index (κ3) is 4.35. The van der Waals surface area contributed by atoms with E-state index in [0.717, 1.165) is 12.1 Å². The van der Waals surface area contributed by atoms with Gasteiger partial charge in [0.05, 0.1) is 6.26 Å². The van der Waals surface area contributed by atoms with E-state index in [9.17, 15) is 9.59 Å². The zero-order valence-corrected chi connectivity index (χ0v) is 20.9. The molecule has 0 spiro atoms. The number of nitrogens with zero attached hydrogens (tertiary/aromatic N) is 8. The van der Waals surface area contributed by atoms with E-state index in [-0.39, 0.29) is 29.7 Å². The molecule has 3 amide bonds. The summed E-state index contributed by atoms with van der Waals surface area (Å²) in [6, 6.07) is 12.1. The molecule has 6 rings (SSSR count). The molecule has 4 aromatic rings. The third-order valence-electron chi connectivity index (χ3n) is 6.98. The van der Waals surface area contributed by atoms with Crippen LogP contribution in [0.2, 0.25) is 0 Å². The third-order valence-corrected chi connectivity index (χ3v) is 6.98. The molecule has 13 heteroatoms. The first-order valence-corrected chi connectivity index (χ1v) is 12.6. The molecule has 2 fully saturated rings. The number of hydrogen-bond acceptors (Lipinski definition) is 9. The van der Waals surface area contributed by atoms with E-state index in [1.165, 1.54) is 4.52 Å². The fraction of sp³-hybridized carbons (Fsp3) is 0.360. The minimum Gasteiger partial charge on any atom is -0.461 e. The molecule has 0 aliphatic carbocycles. The highest BCUT2D eigenvalue weighted by Crippen LogP contribution is 2.27. The Morgan fingerprint density at radius 3 is 2.66 bits per heavy atom. The van der Waals surface area contributed by atoms with Crippen molar-refractivity contribution >= 4 is 35.3 Å². The second kappa shape index (κ2) is 9.65. The quantitative estimate of drug-likeness (QED) is 0.415. The maximum absolute atomic E-state index is 13.7. The van der Waals surface area contributed by atoms with Crippen molar-refractivity contribution in [1.29, 1.82) is 0 Å². The van der Waals surface area contributed by atoms with E-state index < -0.39 is 6.04 Å². The molecular weight excluding hydrogens is 488 g/mol. The number of hydrogen-bond donors (Lipinski definition) is 2. The molecule has 2 saturated heterocycles. The molecular formula is C25H28N10O3. The number of para-hydroxylation sites is 1. The Labute approximate surface area is 218 Å². The summed E-state index contributed by atoms with van der Waals surface area (Å²) in [5.74, 6) is 1.60. The molecule has 2 aliphatic heterocycles. The van der Waals surface area contributed by atoms with Gasteiger partial charge in [0.15, 0.2) is 5.76 Å². The molecule has 0 saturated carbocycles. The number of nitrogens with one attached hydrogen (secondary N) is 1. The zero-order valence-electron chi connectivity index (χ0n) is 20.9. The Hall–Kier alpha value is -4.68. The highest BCUT2D eigenvalue weighted by atomic mass is 16.3. The molecule has 1 aromatic carbocycles. The molecule has 5 heterocycles. The number of anilines is 3. The Kier molecular flexibility index (Phi) is 6.02. The molecule has 196 valence electrons. The summed E-state index contributed by atoms with van der Waals surface area (Å²) < 4.78 is 6.74. The van der Waals surface area contributed by atoms with Crippen LogP contribution < -0.4 is 16.0 Å². The lowest BCUT2D eigenvalue weighted by Crippen LogP contribution is -2.59. The number of carbonyl (C=O) groups is 2. The molecule has 3 aromatic heterocycles. The van der Waals surface area contributed by atoms with Gasteiger partial charge in [-0.25, -0.2) is 4.79 Å². The van der Waals surface area contributed by atoms with Gasteiger partial charge in [0.25, 0.3) is 5.78 Å². The summed E-state index contributed by atoms with van der Waals surface area (Å²) in [5.41, 5.74) is 6.93. The van der Waals surface area contributed by atoms with Gasteiger partial charge in [0.1, 0.15) is 6.04 Å². The number of amides is 3.